The number of ether oxygens (including phenoxy) is 2. The number of morpholine rings is 1. The number of hydrogen-bond acceptors (Lipinski definition) is 7. The highest BCUT2D eigenvalue weighted by Gasteiger charge is 2.19. The van der Waals surface area contributed by atoms with Crippen molar-refractivity contribution in [1.82, 2.24) is 20.9 Å². The van der Waals surface area contributed by atoms with E-state index in [1.54, 1.807) is 31.6 Å². The molecule has 0 bridgehead atoms. The van der Waals surface area contributed by atoms with Crippen molar-refractivity contribution < 1.29 is 19.1 Å². The van der Waals surface area contributed by atoms with E-state index in [2.05, 4.69) is 31.2 Å². The maximum atomic E-state index is 12.8. The largest absolute Gasteiger partial charge is 0.383 e. The lowest BCUT2D eigenvalue weighted by Crippen LogP contribution is -2.38. The van der Waals surface area contributed by atoms with Crippen LogP contribution in [0.2, 0.25) is 0 Å². The van der Waals surface area contributed by atoms with Gasteiger partial charge in [0, 0.05) is 57.3 Å². The molecule has 3 amide bonds. The van der Waals surface area contributed by atoms with Crippen LogP contribution in [0.5, 0.6) is 0 Å². The predicted octanol–water partition coefficient (Wildman–Crippen LogP) is 1.38. The Morgan fingerprint density at radius 2 is 1.91 bits per heavy atom. The zero-order chi connectivity index (χ0) is 23.5. The van der Waals surface area contributed by atoms with Crippen LogP contribution in [-0.2, 0) is 9.47 Å². The third kappa shape index (κ3) is 7.14. The Morgan fingerprint density at radius 3 is 2.61 bits per heavy atom. The first kappa shape index (κ1) is 24.4. The Morgan fingerprint density at radius 1 is 1.15 bits per heavy atom. The fourth-order valence-corrected chi connectivity index (χ4v) is 3.57. The van der Waals surface area contributed by atoms with E-state index < -0.39 is 0 Å². The van der Waals surface area contributed by atoms with Crippen molar-refractivity contribution >= 4 is 23.3 Å². The van der Waals surface area contributed by atoms with Crippen molar-refractivity contribution in [2.45, 2.75) is 6.04 Å². The van der Waals surface area contributed by atoms with Gasteiger partial charge < -0.3 is 35.6 Å². The minimum atomic E-state index is -0.351. The monoisotopic (exact) mass is 456 g/mol. The molecule has 1 aromatic carbocycles. The lowest BCUT2D eigenvalue weighted by Gasteiger charge is -2.31. The number of methoxy groups -OCH3 is 1. The van der Waals surface area contributed by atoms with Crippen LogP contribution in [0.4, 0.5) is 16.2 Å². The van der Waals surface area contributed by atoms with Gasteiger partial charge in [-0.2, -0.15) is 0 Å². The summed E-state index contributed by atoms with van der Waals surface area (Å²) in [5.41, 5.74) is 2.90. The highest BCUT2D eigenvalue weighted by molar-refractivity contribution is 5.99. The molecule has 1 unspecified atom stereocenters. The molecule has 1 aliphatic heterocycles. The number of rotatable bonds is 10. The van der Waals surface area contributed by atoms with E-state index in [0.29, 0.717) is 57.3 Å². The number of pyridine rings is 1. The maximum absolute atomic E-state index is 12.8. The van der Waals surface area contributed by atoms with Crippen molar-refractivity contribution in [2.24, 2.45) is 0 Å². The number of carbonyl (C=O) groups is 2. The van der Waals surface area contributed by atoms with E-state index in [1.807, 2.05) is 25.2 Å². The summed E-state index contributed by atoms with van der Waals surface area (Å²) in [6, 6.07) is 8.72. The number of aromatic nitrogens is 1. The summed E-state index contributed by atoms with van der Waals surface area (Å²) in [6.45, 7) is 3.86. The molecular formula is C23H32N6O4. The van der Waals surface area contributed by atoms with Crippen LogP contribution in [0, 0.1) is 0 Å². The van der Waals surface area contributed by atoms with E-state index >= 15 is 0 Å². The van der Waals surface area contributed by atoms with Crippen LogP contribution in [0.15, 0.2) is 42.7 Å². The van der Waals surface area contributed by atoms with Crippen molar-refractivity contribution in [3.63, 3.8) is 0 Å². The summed E-state index contributed by atoms with van der Waals surface area (Å²) < 4.78 is 10.4. The lowest BCUT2D eigenvalue weighted by molar-refractivity contribution is 0.0937. The van der Waals surface area contributed by atoms with Gasteiger partial charge in [0.1, 0.15) is 0 Å². The minimum absolute atomic E-state index is 0.0599. The number of carbonyl (C=O) groups excluding carboxylic acids is 2. The Hall–Kier alpha value is -3.21. The van der Waals surface area contributed by atoms with Crippen molar-refractivity contribution in [2.75, 3.05) is 70.4 Å². The molecular weight excluding hydrogens is 424 g/mol. The van der Waals surface area contributed by atoms with Crippen LogP contribution >= 0.6 is 0 Å². The first-order valence-electron chi connectivity index (χ1n) is 11.0. The molecule has 0 radical (unpaired) electrons. The number of likely N-dealkylation sites (N-methyl/N-ethyl adjacent to an activating group) is 1. The molecule has 0 aliphatic carbocycles. The zero-order valence-corrected chi connectivity index (χ0v) is 19.1. The number of anilines is 2. The van der Waals surface area contributed by atoms with Gasteiger partial charge in [-0.3, -0.25) is 9.78 Å². The number of amides is 3. The molecule has 0 spiro atoms. The van der Waals surface area contributed by atoms with E-state index in [1.165, 1.54) is 0 Å². The third-order valence-corrected chi connectivity index (χ3v) is 5.37. The van der Waals surface area contributed by atoms with Gasteiger partial charge >= 0.3 is 6.03 Å². The predicted molar refractivity (Wildman–Crippen MR) is 127 cm³/mol. The first-order valence-corrected chi connectivity index (χ1v) is 11.0. The van der Waals surface area contributed by atoms with Gasteiger partial charge in [-0.15, -0.1) is 0 Å². The Labute approximate surface area is 194 Å². The van der Waals surface area contributed by atoms with Crippen LogP contribution in [0.25, 0.3) is 0 Å². The Kier molecular flexibility index (Phi) is 9.43. The van der Waals surface area contributed by atoms with Gasteiger partial charge in [0.2, 0.25) is 0 Å². The molecule has 1 saturated heterocycles. The second-order valence-electron chi connectivity index (χ2n) is 7.54. The standard InChI is InChI=1S/C23H32N6O4/c1-24-20(17-5-7-25-8-6-17)16-27-23(31)28-19-15-18(22(30)26-9-12-32-2)3-4-21(19)29-10-13-33-14-11-29/h3-8,15,20,24H,9-14,16H2,1-2H3,(H,26,30)(H2,27,28,31). The van der Waals surface area contributed by atoms with Crippen molar-refractivity contribution in [3.8, 4) is 0 Å². The van der Waals surface area contributed by atoms with Crippen molar-refractivity contribution in [3.05, 3.63) is 53.9 Å². The summed E-state index contributed by atoms with van der Waals surface area (Å²) in [5, 5.41) is 11.8. The molecule has 1 atom stereocenters. The summed E-state index contributed by atoms with van der Waals surface area (Å²) in [4.78, 5) is 31.5. The Bertz CT molecular complexity index is 905. The smallest absolute Gasteiger partial charge is 0.319 e. The topological polar surface area (TPSA) is 117 Å². The maximum Gasteiger partial charge on any atom is 0.319 e. The number of nitrogens with zero attached hydrogens (tertiary/aromatic N) is 2. The van der Waals surface area contributed by atoms with E-state index in [-0.39, 0.29) is 18.0 Å². The highest BCUT2D eigenvalue weighted by atomic mass is 16.5. The average Bonchev–Trinajstić information content (AvgIpc) is 2.85. The molecule has 10 nitrogen and oxygen atoms in total. The molecule has 10 heteroatoms. The fourth-order valence-electron chi connectivity index (χ4n) is 3.57. The number of nitrogens with one attached hydrogen (secondary N) is 4. The fraction of sp³-hybridized carbons (Fsp3) is 0.435. The molecule has 1 aliphatic rings. The summed E-state index contributed by atoms with van der Waals surface area (Å²) in [5.74, 6) is -0.225. The zero-order valence-electron chi connectivity index (χ0n) is 19.1. The minimum Gasteiger partial charge on any atom is -0.383 e. The van der Waals surface area contributed by atoms with Gasteiger partial charge in [-0.05, 0) is 42.9 Å². The number of hydrogen-bond donors (Lipinski definition) is 4. The second-order valence-corrected chi connectivity index (χ2v) is 7.54. The molecule has 178 valence electrons. The van der Waals surface area contributed by atoms with Gasteiger partial charge in [0.15, 0.2) is 0 Å². The van der Waals surface area contributed by atoms with Crippen LogP contribution < -0.4 is 26.2 Å². The molecule has 1 fully saturated rings. The van der Waals surface area contributed by atoms with Crippen LogP contribution in [0.1, 0.15) is 22.0 Å². The van der Waals surface area contributed by atoms with Gasteiger partial charge in [-0.1, -0.05) is 0 Å². The third-order valence-electron chi connectivity index (χ3n) is 5.37. The van der Waals surface area contributed by atoms with E-state index in [9.17, 15) is 9.59 Å². The van der Waals surface area contributed by atoms with Crippen molar-refractivity contribution in [1.29, 1.82) is 0 Å². The summed E-state index contributed by atoms with van der Waals surface area (Å²) in [7, 11) is 3.42. The molecule has 33 heavy (non-hydrogen) atoms. The van der Waals surface area contributed by atoms with Gasteiger partial charge in [-0.25, -0.2) is 4.79 Å². The molecule has 2 aromatic rings. The number of benzene rings is 1. The Balaban J connectivity index is 1.71. The second kappa shape index (κ2) is 12.7. The summed E-state index contributed by atoms with van der Waals surface area (Å²) in [6.07, 6.45) is 3.44. The molecule has 0 saturated carbocycles. The molecule has 2 heterocycles. The first-order chi connectivity index (χ1) is 16.1. The molecule has 4 N–H and O–H groups in total. The summed E-state index contributed by atoms with van der Waals surface area (Å²) >= 11 is 0. The molecule has 3 rings (SSSR count). The average molecular weight is 457 g/mol. The number of urea groups is 1. The highest BCUT2D eigenvalue weighted by Crippen LogP contribution is 2.28. The normalized spacial score (nSPS) is 14.4. The van der Waals surface area contributed by atoms with Gasteiger partial charge in [0.25, 0.3) is 5.91 Å². The molecule has 1 aromatic heterocycles. The van der Waals surface area contributed by atoms with Crippen LogP contribution in [-0.4, -0.2) is 77.1 Å². The van der Waals surface area contributed by atoms with E-state index in [4.69, 9.17) is 9.47 Å². The quantitative estimate of drug-likeness (QED) is 0.399. The SMILES string of the molecule is CNC(CNC(=O)Nc1cc(C(=O)NCCOC)ccc1N1CCOCC1)c1ccncc1. The van der Waals surface area contributed by atoms with Gasteiger partial charge in [0.05, 0.1) is 31.2 Å². The van der Waals surface area contributed by atoms with Crippen LogP contribution in [0.3, 0.4) is 0 Å². The van der Waals surface area contributed by atoms with E-state index in [0.717, 1.165) is 11.3 Å². The lowest BCUT2D eigenvalue weighted by atomic mass is 10.1.